The highest BCUT2D eigenvalue weighted by atomic mass is 35.7. The van der Waals surface area contributed by atoms with Gasteiger partial charge in [0.05, 0.1) is 11.4 Å². The molecule has 9 heteroatoms. The van der Waals surface area contributed by atoms with Gasteiger partial charge in [0.2, 0.25) is 15.0 Å². The smallest absolute Gasteiger partial charge is 0.232 e. The number of hydrogen-bond donors (Lipinski definition) is 0. The summed E-state index contributed by atoms with van der Waals surface area (Å²) in [4.78, 5) is 18.0. The number of halogens is 1. The highest BCUT2D eigenvalue weighted by Gasteiger charge is 2.34. The average Bonchev–Trinajstić information content (AvgIpc) is 3.01. The van der Waals surface area contributed by atoms with Crippen molar-refractivity contribution in [3.05, 3.63) is 30.5 Å². The van der Waals surface area contributed by atoms with E-state index in [0.29, 0.717) is 23.8 Å². The summed E-state index contributed by atoms with van der Waals surface area (Å²) in [6.07, 6.45) is 1.84. The van der Waals surface area contributed by atoms with Crippen molar-refractivity contribution in [1.29, 1.82) is 0 Å². The molecule has 1 atom stereocenters. The molecule has 0 spiro atoms. The molecular weight excluding hydrogens is 340 g/mol. The van der Waals surface area contributed by atoms with Crippen LogP contribution in [0.15, 0.2) is 30.5 Å². The summed E-state index contributed by atoms with van der Waals surface area (Å²) in [5.74, 6) is -0.0314. The van der Waals surface area contributed by atoms with Gasteiger partial charge in [-0.15, -0.1) is 0 Å². The molecule has 122 valence electrons. The van der Waals surface area contributed by atoms with Gasteiger partial charge in [0.1, 0.15) is 11.5 Å². The molecule has 1 fully saturated rings. The van der Waals surface area contributed by atoms with Gasteiger partial charge in [0.15, 0.2) is 0 Å². The van der Waals surface area contributed by atoms with Gasteiger partial charge >= 0.3 is 0 Å². The van der Waals surface area contributed by atoms with E-state index in [4.69, 9.17) is 10.7 Å². The van der Waals surface area contributed by atoms with Gasteiger partial charge in [0.25, 0.3) is 0 Å². The second-order valence-corrected chi connectivity index (χ2v) is 8.33. The predicted octanol–water partition coefficient (Wildman–Crippen LogP) is 1.40. The Bertz CT molecular complexity index is 835. The van der Waals surface area contributed by atoms with Crippen molar-refractivity contribution in [2.24, 2.45) is 13.0 Å². The van der Waals surface area contributed by atoms with E-state index in [0.717, 1.165) is 0 Å². The zero-order valence-electron chi connectivity index (χ0n) is 12.4. The minimum atomic E-state index is -3.62. The van der Waals surface area contributed by atoms with Crippen LogP contribution in [-0.4, -0.2) is 41.4 Å². The fourth-order valence-corrected chi connectivity index (χ4v) is 4.07. The van der Waals surface area contributed by atoms with E-state index in [1.54, 1.807) is 28.9 Å². The van der Waals surface area contributed by atoms with Crippen LogP contribution in [0.3, 0.4) is 0 Å². The minimum absolute atomic E-state index is 0.133. The summed E-state index contributed by atoms with van der Waals surface area (Å²) in [5.41, 5.74) is 1.37. The van der Waals surface area contributed by atoms with Crippen molar-refractivity contribution in [2.75, 3.05) is 17.2 Å². The summed E-state index contributed by atoms with van der Waals surface area (Å²) in [6.45, 7) is 0.311. The Balaban J connectivity index is 1.85. The fourth-order valence-electron chi connectivity index (χ4n) is 2.75. The second-order valence-electron chi connectivity index (χ2n) is 5.51. The molecule has 1 amide bonds. The zero-order chi connectivity index (χ0) is 16.6. The molecule has 1 aliphatic heterocycles. The SMILES string of the molecule is Cn1nc(-c2ccccn2)cc1N1CC(CS(=O)(=O)Cl)CC1=O. The molecule has 2 aromatic heterocycles. The van der Waals surface area contributed by atoms with Gasteiger partial charge in [-0.3, -0.25) is 19.4 Å². The Kier molecular flexibility index (Phi) is 4.11. The maximum atomic E-state index is 12.2. The van der Waals surface area contributed by atoms with Crippen molar-refractivity contribution in [3.63, 3.8) is 0 Å². The molecule has 2 aromatic rings. The highest BCUT2D eigenvalue weighted by molar-refractivity contribution is 8.13. The van der Waals surface area contributed by atoms with E-state index in [9.17, 15) is 13.2 Å². The minimum Gasteiger partial charge on any atom is -0.297 e. The number of nitrogens with zero attached hydrogens (tertiary/aromatic N) is 4. The van der Waals surface area contributed by atoms with E-state index in [-0.39, 0.29) is 24.0 Å². The van der Waals surface area contributed by atoms with Crippen LogP contribution in [0, 0.1) is 5.92 Å². The Morgan fingerprint density at radius 3 is 2.78 bits per heavy atom. The molecule has 1 unspecified atom stereocenters. The molecule has 0 saturated carbocycles. The third-order valence-electron chi connectivity index (χ3n) is 3.70. The first kappa shape index (κ1) is 15.9. The molecule has 0 N–H and O–H groups in total. The Morgan fingerprint density at radius 2 is 2.13 bits per heavy atom. The maximum absolute atomic E-state index is 12.2. The average molecular weight is 355 g/mol. The lowest BCUT2D eigenvalue weighted by molar-refractivity contribution is -0.117. The van der Waals surface area contributed by atoms with Crippen molar-refractivity contribution < 1.29 is 13.2 Å². The van der Waals surface area contributed by atoms with Gasteiger partial charge in [-0.25, -0.2) is 8.42 Å². The molecule has 0 aromatic carbocycles. The van der Waals surface area contributed by atoms with E-state index in [2.05, 4.69) is 10.1 Å². The largest absolute Gasteiger partial charge is 0.297 e. The summed E-state index contributed by atoms with van der Waals surface area (Å²) >= 11 is 0. The van der Waals surface area contributed by atoms with Gasteiger partial charge in [-0.2, -0.15) is 5.10 Å². The number of amides is 1. The fraction of sp³-hybridized carbons (Fsp3) is 0.357. The Morgan fingerprint density at radius 1 is 1.35 bits per heavy atom. The van der Waals surface area contributed by atoms with E-state index in [1.807, 2.05) is 18.2 Å². The summed E-state index contributed by atoms with van der Waals surface area (Å²) in [7, 11) is 3.40. The van der Waals surface area contributed by atoms with Crippen LogP contribution >= 0.6 is 10.7 Å². The van der Waals surface area contributed by atoms with Crippen LogP contribution < -0.4 is 4.90 Å². The van der Waals surface area contributed by atoms with Gasteiger partial charge in [0, 0.05) is 48.9 Å². The topological polar surface area (TPSA) is 85.2 Å². The van der Waals surface area contributed by atoms with E-state index < -0.39 is 9.05 Å². The molecule has 1 saturated heterocycles. The van der Waals surface area contributed by atoms with E-state index in [1.165, 1.54) is 0 Å². The third-order valence-corrected chi connectivity index (χ3v) is 4.95. The van der Waals surface area contributed by atoms with Crippen LogP contribution in [0.4, 0.5) is 5.82 Å². The number of anilines is 1. The standard InChI is InChI=1S/C14H15ClN4O3S/c1-18-13(7-12(17-18)11-4-2-3-5-16-11)19-8-10(6-14(19)20)9-23(15,21)22/h2-5,7,10H,6,8-9H2,1H3. The van der Waals surface area contributed by atoms with Gasteiger partial charge in [-0.1, -0.05) is 6.07 Å². The number of carbonyl (C=O) groups excluding carboxylic acids is 1. The molecular formula is C14H15ClN4O3S. The summed E-state index contributed by atoms with van der Waals surface area (Å²) in [6, 6.07) is 7.28. The number of rotatable bonds is 4. The Hall–Kier alpha value is -1.93. The van der Waals surface area contributed by atoms with Crippen molar-refractivity contribution in [2.45, 2.75) is 6.42 Å². The van der Waals surface area contributed by atoms with Crippen LogP contribution in [-0.2, 0) is 20.9 Å². The van der Waals surface area contributed by atoms with Crippen molar-refractivity contribution in [3.8, 4) is 11.4 Å². The molecule has 0 bridgehead atoms. The van der Waals surface area contributed by atoms with Crippen LogP contribution in [0.25, 0.3) is 11.4 Å². The molecule has 3 rings (SSSR count). The molecule has 23 heavy (non-hydrogen) atoms. The van der Waals surface area contributed by atoms with Crippen LogP contribution in [0.5, 0.6) is 0 Å². The number of pyridine rings is 1. The van der Waals surface area contributed by atoms with Gasteiger partial charge in [-0.05, 0) is 12.1 Å². The lowest BCUT2D eigenvalue weighted by Gasteiger charge is -2.15. The first-order valence-corrected chi connectivity index (χ1v) is 9.49. The first-order chi connectivity index (χ1) is 10.8. The molecule has 0 aliphatic carbocycles. The predicted molar refractivity (Wildman–Crippen MR) is 86.5 cm³/mol. The number of aromatic nitrogens is 3. The lowest BCUT2D eigenvalue weighted by atomic mass is 10.1. The summed E-state index contributed by atoms with van der Waals surface area (Å²) < 4.78 is 24.0. The molecule has 7 nitrogen and oxygen atoms in total. The Labute approximate surface area is 138 Å². The zero-order valence-corrected chi connectivity index (χ0v) is 14.0. The number of hydrogen-bond acceptors (Lipinski definition) is 5. The lowest BCUT2D eigenvalue weighted by Crippen LogP contribution is -2.27. The molecule has 1 aliphatic rings. The highest BCUT2D eigenvalue weighted by Crippen LogP contribution is 2.29. The normalized spacial score (nSPS) is 18.6. The van der Waals surface area contributed by atoms with Crippen molar-refractivity contribution in [1.82, 2.24) is 14.8 Å². The molecule has 3 heterocycles. The second kappa shape index (κ2) is 5.93. The summed E-state index contributed by atoms with van der Waals surface area (Å²) in [5, 5.41) is 4.38. The van der Waals surface area contributed by atoms with E-state index >= 15 is 0 Å². The van der Waals surface area contributed by atoms with Crippen molar-refractivity contribution >= 4 is 31.5 Å². The third kappa shape index (κ3) is 3.53. The first-order valence-electron chi connectivity index (χ1n) is 7.01. The van der Waals surface area contributed by atoms with Gasteiger partial charge < -0.3 is 0 Å². The number of aryl methyl sites for hydroxylation is 1. The van der Waals surface area contributed by atoms with Crippen LogP contribution in [0.1, 0.15) is 6.42 Å². The monoisotopic (exact) mass is 354 g/mol. The quantitative estimate of drug-likeness (QED) is 0.775. The maximum Gasteiger partial charge on any atom is 0.232 e. The van der Waals surface area contributed by atoms with Crippen LogP contribution in [0.2, 0.25) is 0 Å². The number of carbonyl (C=O) groups is 1. The molecule has 0 radical (unpaired) electrons.